The van der Waals surface area contributed by atoms with Crippen molar-refractivity contribution in [3.63, 3.8) is 0 Å². The van der Waals surface area contributed by atoms with Gasteiger partial charge in [0.15, 0.2) is 0 Å². The van der Waals surface area contributed by atoms with E-state index in [-0.39, 0.29) is 6.10 Å². The Balaban J connectivity index is 1.74. The van der Waals surface area contributed by atoms with Gasteiger partial charge in [0.2, 0.25) is 0 Å². The zero-order chi connectivity index (χ0) is 12.5. The predicted molar refractivity (Wildman–Crippen MR) is 71.0 cm³/mol. The van der Waals surface area contributed by atoms with Crippen molar-refractivity contribution in [2.45, 2.75) is 25.5 Å². The molecule has 0 spiro atoms. The van der Waals surface area contributed by atoms with Crippen LogP contribution in [0.15, 0.2) is 18.2 Å². The van der Waals surface area contributed by atoms with Gasteiger partial charge in [0.25, 0.3) is 0 Å². The molecule has 0 bridgehead atoms. The molecule has 0 unspecified atom stereocenters. The fourth-order valence-electron chi connectivity index (χ4n) is 2.44. The Hall–Kier alpha value is -1.59. The second-order valence-electron chi connectivity index (χ2n) is 4.97. The molecule has 5 nitrogen and oxygen atoms in total. The lowest BCUT2D eigenvalue weighted by Crippen LogP contribution is -2.35. The lowest BCUT2D eigenvalue weighted by molar-refractivity contribution is 0.0782. The SMILES string of the molecule is Nc1ccc2nc(CN3CCC(O)CC3)[nH]c2c1. The molecule has 1 aliphatic rings. The number of fused-ring (bicyclic) bond motifs is 1. The number of hydrogen-bond donors (Lipinski definition) is 3. The number of piperidine rings is 1. The van der Waals surface area contributed by atoms with Crippen LogP contribution in [0.2, 0.25) is 0 Å². The third-order valence-corrected chi connectivity index (χ3v) is 3.49. The predicted octanol–water partition coefficient (Wildman–Crippen LogP) is 1.10. The number of aromatic amines is 1. The number of nitrogens with zero attached hydrogens (tertiary/aromatic N) is 2. The number of nitrogen functional groups attached to an aromatic ring is 1. The number of nitrogens with one attached hydrogen (secondary N) is 1. The molecule has 4 N–H and O–H groups in total. The summed E-state index contributed by atoms with van der Waals surface area (Å²) in [4.78, 5) is 10.2. The van der Waals surface area contributed by atoms with Gasteiger partial charge in [-0.15, -0.1) is 0 Å². The van der Waals surface area contributed by atoms with Crippen molar-refractivity contribution in [2.24, 2.45) is 0 Å². The molecule has 96 valence electrons. The molecule has 0 aliphatic carbocycles. The molecule has 1 aromatic carbocycles. The smallest absolute Gasteiger partial charge is 0.121 e. The fraction of sp³-hybridized carbons (Fsp3) is 0.462. The number of hydrogen-bond acceptors (Lipinski definition) is 4. The first kappa shape index (κ1) is 11.5. The number of likely N-dealkylation sites (tertiary alicyclic amines) is 1. The zero-order valence-corrected chi connectivity index (χ0v) is 10.3. The van der Waals surface area contributed by atoms with Crippen molar-refractivity contribution in [3.05, 3.63) is 24.0 Å². The quantitative estimate of drug-likeness (QED) is 0.693. The first-order valence-electron chi connectivity index (χ1n) is 6.35. The number of imidazole rings is 1. The van der Waals surface area contributed by atoms with E-state index in [2.05, 4.69) is 14.9 Å². The highest BCUT2D eigenvalue weighted by atomic mass is 16.3. The van der Waals surface area contributed by atoms with Crippen LogP contribution in [-0.2, 0) is 6.54 Å². The first-order valence-corrected chi connectivity index (χ1v) is 6.35. The van der Waals surface area contributed by atoms with E-state index in [1.165, 1.54) is 0 Å². The molecule has 1 saturated heterocycles. The van der Waals surface area contributed by atoms with Crippen LogP contribution in [0.3, 0.4) is 0 Å². The molecule has 0 saturated carbocycles. The molecular formula is C13H18N4O. The lowest BCUT2D eigenvalue weighted by Gasteiger charge is -2.28. The second kappa shape index (κ2) is 4.59. The number of H-pyrrole nitrogens is 1. The summed E-state index contributed by atoms with van der Waals surface area (Å²) < 4.78 is 0. The Kier molecular flexibility index (Phi) is 2.93. The molecule has 2 heterocycles. The maximum atomic E-state index is 9.47. The number of benzene rings is 1. The summed E-state index contributed by atoms with van der Waals surface area (Å²) in [5.41, 5.74) is 8.44. The Morgan fingerprint density at radius 2 is 2.17 bits per heavy atom. The van der Waals surface area contributed by atoms with E-state index in [1.54, 1.807) is 0 Å². The van der Waals surface area contributed by atoms with E-state index in [9.17, 15) is 5.11 Å². The average molecular weight is 246 g/mol. The fourth-order valence-corrected chi connectivity index (χ4v) is 2.44. The van der Waals surface area contributed by atoms with Crippen LogP contribution in [0.25, 0.3) is 11.0 Å². The van der Waals surface area contributed by atoms with Crippen LogP contribution in [0.4, 0.5) is 5.69 Å². The number of aliphatic hydroxyl groups excluding tert-OH is 1. The van der Waals surface area contributed by atoms with Crippen LogP contribution in [0, 0.1) is 0 Å². The molecule has 5 heteroatoms. The van der Waals surface area contributed by atoms with Crippen molar-refractivity contribution in [1.82, 2.24) is 14.9 Å². The minimum Gasteiger partial charge on any atom is -0.399 e. The Bertz CT molecular complexity index is 543. The summed E-state index contributed by atoms with van der Waals surface area (Å²) >= 11 is 0. The Morgan fingerprint density at radius 3 is 2.94 bits per heavy atom. The number of anilines is 1. The van der Waals surface area contributed by atoms with Gasteiger partial charge < -0.3 is 15.8 Å². The summed E-state index contributed by atoms with van der Waals surface area (Å²) in [6.07, 6.45) is 1.58. The van der Waals surface area contributed by atoms with E-state index in [0.29, 0.717) is 0 Å². The van der Waals surface area contributed by atoms with Crippen LogP contribution >= 0.6 is 0 Å². The lowest BCUT2D eigenvalue weighted by atomic mass is 10.1. The molecule has 18 heavy (non-hydrogen) atoms. The number of rotatable bonds is 2. The average Bonchev–Trinajstić information content (AvgIpc) is 2.73. The Labute approximate surface area is 106 Å². The topological polar surface area (TPSA) is 78.2 Å². The summed E-state index contributed by atoms with van der Waals surface area (Å²) in [5, 5.41) is 9.47. The van der Waals surface area contributed by atoms with E-state index in [4.69, 9.17) is 5.73 Å². The van der Waals surface area contributed by atoms with Gasteiger partial charge in [-0.2, -0.15) is 0 Å². The van der Waals surface area contributed by atoms with E-state index < -0.39 is 0 Å². The van der Waals surface area contributed by atoms with Gasteiger partial charge in [-0.1, -0.05) is 0 Å². The van der Waals surface area contributed by atoms with Crippen LogP contribution in [0.1, 0.15) is 18.7 Å². The normalized spacial score (nSPS) is 18.5. The second-order valence-corrected chi connectivity index (χ2v) is 4.97. The summed E-state index contributed by atoms with van der Waals surface area (Å²) in [6.45, 7) is 2.67. The summed E-state index contributed by atoms with van der Waals surface area (Å²) in [5.74, 6) is 0.965. The molecule has 1 aromatic heterocycles. The monoisotopic (exact) mass is 246 g/mol. The number of aromatic nitrogens is 2. The highest BCUT2D eigenvalue weighted by Gasteiger charge is 2.17. The van der Waals surface area contributed by atoms with Crippen LogP contribution in [-0.4, -0.2) is 39.2 Å². The van der Waals surface area contributed by atoms with Gasteiger partial charge in [-0.25, -0.2) is 4.98 Å². The molecule has 2 aromatic rings. The molecule has 3 rings (SSSR count). The highest BCUT2D eigenvalue weighted by molar-refractivity contribution is 5.78. The van der Waals surface area contributed by atoms with Crippen molar-refractivity contribution in [2.75, 3.05) is 18.8 Å². The molecular weight excluding hydrogens is 228 g/mol. The maximum Gasteiger partial charge on any atom is 0.121 e. The summed E-state index contributed by atoms with van der Waals surface area (Å²) in [7, 11) is 0. The molecule has 1 fully saturated rings. The van der Waals surface area contributed by atoms with Crippen molar-refractivity contribution in [3.8, 4) is 0 Å². The van der Waals surface area contributed by atoms with Gasteiger partial charge in [-0.05, 0) is 31.0 Å². The first-order chi connectivity index (χ1) is 8.70. The zero-order valence-electron chi connectivity index (χ0n) is 10.3. The Morgan fingerprint density at radius 1 is 1.39 bits per heavy atom. The van der Waals surface area contributed by atoms with Crippen molar-refractivity contribution >= 4 is 16.7 Å². The number of nitrogens with two attached hydrogens (primary N) is 1. The van der Waals surface area contributed by atoms with Crippen LogP contribution in [0.5, 0.6) is 0 Å². The van der Waals surface area contributed by atoms with Gasteiger partial charge >= 0.3 is 0 Å². The van der Waals surface area contributed by atoms with Gasteiger partial charge in [0, 0.05) is 18.8 Å². The van der Waals surface area contributed by atoms with E-state index >= 15 is 0 Å². The third kappa shape index (κ3) is 2.32. The van der Waals surface area contributed by atoms with Gasteiger partial charge in [0.05, 0.1) is 23.7 Å². The van der Waals surface area contributed by atoms with E-state index in [0.717, 1.165) is 55.0 Å². The van der Waals surface area contributed by atoms with E-state index in [1.807, 2.05) is 18.2 Å². The van der Waals surface area contributed by atoms with Crippen LogP contribution < -0.4 is 5.73 Å². The minimum atomic E-state index is -0.128. The standard InChI is InChI=1S/C13H18N4O/c14-9-1-2-11-12(7-9)16-13(15-11)8-17-5-3-10(18)4-6-17/h1-2,7,10,18H,3-6,8,14H2,(H,15,16). The molecule has 0 radical (unpaired) electrons. The maximum absolute atomic E-state index is 9.47. The molecule has 1 aliphatic heterocycles. The van der Waals surface area contributed by atoms with Crippen molar-refractivity contribution in [1.29, 1.82) is 0 Å². The highest BCUT2D eigenvalue weighted by Crippen LogP contribution is 2.17. The molecule has 0 atom stereocenters. The molecule has 0 amide bonds. The summed E-state index contributed by atoms with van der Waals surface area (Å²) in [6, 6.07) is 5.71. The third-order valence-electron chi connectivity index (χ3n) is 3.49. The van der Waals surface area contributed by atoms with Crippen molar-refractivity contribution < 1.29 is 5.11 Å². The minimum absolute atomic E-state index is 0.128. The largest absolute Gasteiger partial charge is 0.399 e. The number of aliphatic hydroxyl groups is 1. The van der Waals surface area contributed by atoms with Gasteiger partial charge in [-0.3, -0.25) is 4.90 Å². The van der Waals surface area contributed by atoms with Gasteiger partial charge in [0.1, 0.15) is 5.82 Å².